The third kappa shape index (κ3) is 1.53. The molecule has 1 aliphatic rings. The monoisotopic (exact) mass is 206 g/mol. The molecule has 0 aliphatic heterocycles. The van der Waals surface area contributed by atoms with Gasteiger partial charge in [-0.3, -0.25) is 0 Å². The Morgan fingerprint density at radius 1 is 1.56 bits per heavy atom. The second kappa shape index (κ2) is 3.11. The smallest absolute Gasteiger partial charge is 0.0344 e. The van der Waals surface area contributed by atoms with Crippen molar-refractivity contribution in [2.45, 2.75) is 24.0 Å². The molecular formula is C7H11BrS. The van der Waals surface area contributed by atoms with Gasteiger partial charge in [0.1, 0.15) is 0 Å². The van der Waals surface area contributed by atoms with Gasteiger partial charge < -0.3 is 0 Å². The zero-order chi connectivity index (χ0) is 6.74. The fourth-order valence-corrected chi connectivity index (χ4v) is 2.66. The normalized spacial score (nSPS) is 24.2. The van der Waals surface area contributed by atoms with Gasteiger partial charge in [-0.15, -0.1) is 0 Å². The molecule has 52 valence electrons. The van der Waals surface area contributed by atoms with Crippen molar-refractivity contribution in [1.29, 1.82) is 0 Å². The number of hydrogen-bond donors (Lipinski definition) is 0. The molecule has 0 spiro atoms. The molecule has 0 aromatic carbocycles. The van der Waals surface area contributed by atoms with Crippen LogP contribution in [-0.2, 0) is 0 Å². The van der Waals surface area contributed by atoms with E-state index in [1.54, 1.807) is 0 Å². The van der Waals surface area contributed by atoms with Crippen LogP contribution in [0.25, 0.3) is 0 Å². The number of rotatable bonds is 2. The summed E-state index contributed by atoms with van der Waals surface area (Å²) in [6.45, 7) is 0. The van der Waals surface area contributed by atoms with Crippen molar-refractivity contribution < 1.29 is 0 Å². The van der Waals surface area contributed by atoms with E-state index in [1.165, 1.54) is 19.3 Å². The molecule has 2 heteroatoms. The van der Waals surface area contributed by atoms with Crippen molar-refractivity contribution in [3.8, 4) is 0 Å². The van der Waals surface area contributed by atoms with Crippen molar-refractivity contribution in [1.82, 2.24) is 0 Å². The Hall–Kier alpha value is 0.570. The first-order valence-electron chi connectivity index (χ1n) is 3.16. The summed E-state index contributed by atoms with van der Waals surface area (Å²) in [5.41, 5.74) is 0. The Kier molecular flexibility index (Phi) is 2.65. The van der Waals surface area contributed by atoms with E-state index in [1.807, 2.05) is 16.7 Å². The van der Waals surface area contributed by atoms with Gasteiger partial charge in [-0.1, -0.05) is 28.4 Å². The van der Waals surface area contributed by atoms with Gasteiger partial charge in [-0.25, -0.2) is 0 Å². The van der Waals surface area contributed by atoms with Gasteiger partial charge >= 0.3 is 0 Å². The van der Waals surface area contributed by atoms with E-state index in [0.717, 1.165) is 0 Å². The second-order valence-corrected chi connectivity index (χ2v) is 4.17. The largest absolute Gasteiger partial charge is 0.154 e. The topological polar surface area (TPSA) is 0 Å². The lowest BCUT2D eigenvalue weighted by atomic mass is 9.84. The van der Waals surface area contributed by atoms with Gasteiger partial charge in [0.2, 0.25) is 0 Å². The minimum absolute atomic E-state index is 0.503. The molecule has 0 amide bonds. The first-order chi connectivity index (χ1) is 4.33. The fraction of sp³-hybridized carbons (Fsp3) is 0.714. The van der Waals surface area contributed by atoms with E-state index < -0.39 is 0 Å². The van der Waals surface area contributed by atoms with Gasteiger partial charge in [0.15, 0.2) is 0 Å². The highest BCUT2D eigenvalue weighted by Gasteiger charge is 2.32. The lowest BCUT2D eigenvalue weighted by Crippen LogP contribution is -2.29. The van der Waals surface area contributed by atoms with Crippen LogP contribution in [0.15, 0.2) is 11.1 Å². The number of hydrogen-bond acceptors (Lipinski definition) is 1. The summed E-state index contributed by atoms with van der Waals surface area (Å²) in [6.07, 6.45) is 8.57. The first kappa shape index (κ1) is 7.67. The van der Waals surface area contributed by atoms with E-state index in [0.29, 0.717) is 4.75 Å². The maximum atomic E-state index is 3.31. The van der Waals surface area contributed by atoms with Crippen molar-refractivity contribution in [2.24, 2.45) is 0 Å². The quantitative estimate of drug-likeness (QED) is 0.670. The van der Waals surface area contributed by atoms with Gasteiger partial charge in [-0.05, 0) is 24.1 Å². The molecule has 0 atom stereocenters. The average molecular weight is 207 g/mol. The predicted octanol–water partition coefficient (Wildman–Crippen LogP) is 3.18. The van der Waals surface area contributed by atoms with Crippen LogP contribution in [0.3, 0.4) is 0 Å². The molecule has 0 saturated heterocycles. The average Bonchev–Trinajstić information content (AvgIpc) is 1.79. The van der Waals surface area contributed by atoms with Crippen LogP contribution >= 0.6 is 27.7 Å². The molecule has 1 saturated carbocycles. The van der Waals surface area contributed by atoms with Crippen molar-refractivity contribution in [3.05, 3.63) is 11.1 Å². The van der Waals surface area contributed by atoms with E-state index in [-0.39, 0.29) is 0 Å². The molecular weight excluding hydrogens is 196 g/mol. The van der Waals surface area contributed by atoms with Crippen molar-refractivity contribution in [2.75, 3.05) is 6.26 Å². The summed E-state index contributed by atoms with van der Waals surface area (Å²) in [5, 5.41) is 0. The molecule has 9 heavy (non-hydrogen) atoms. The van der Waals surface area contributed by atoms with E-state index >= 15 is 0 Å². The molecule has 1 rings (SSSR count). The maximum absolute atomic E-state index is 3.31. The first-order valence-corrected chi connectivity index (χ1v) is 5.30. The lowest BCUT2D eigenvalue weighted by molar-refractivity contribution is 0.433. The van der Waals surface area contributed by atoms with Crippen LogP contribution < -0.4 is 0 Å². The van der Waals surface area contributed by atoms with Crippen molar-refractivity contribution >= 4 is 27.7 Å². The number of thioether (sulfide) groups is 1. The summed E-state index contributed by atoms with van der Waals surface area (Å²) in [5.74, 6) is 0. The summed E-state index contributed by atoms with van der Waals surface area (Å²) in [4.78, 5) is 1.99. The van der Waals surface area contributed by atoms with Crippen LogP contribution in [0.1, 0.15) is 19.3 Å². The van der Waals surface area contributed by atoms with Gasteiger partial charge in [0, 0.05) is 4.75 Å². The third-order valence-corrected chi connectivity index (χ3v) is 3.59. The van der Waals surface area contributed by atoms with Crippen LogP contribution in [-0.4, -0.2) is 11.0 Å². The summed E-state index contributed by atoms with van der Waals surface area (Å²) < 4.78 is 0.503. The summed E-state index contributed by atoms with van der Waals surface area (Å²) in [6, 6.07) is 0. The molecule has 0 heterocycles. The standard InChI is InChI=1S/C7H11BrS/c1-9-7(5-6-8)3-2-4-7/h5-6H,2-4H2,1H3/b6-5+. The van der Waals surface area contributed by atoms with Gasteiger partial charge in [-0.2, -0.15) is 11.8 Å². The molecule has 0 unspecified atom stereocenters. The molecule has 0 aromatic rings. The van der Waals surface area contributed by atoms with E-state index in [9.17, 15) is 0 Å². The maximum Gasteiger partial charge on any atom is 0.0344 e. The van der Waals surface area contributed by atoms with E-state index in [4.69, 9.17) is 0 Å². The van der Waals surface area contributed by atoms with Gasteiger partial charge in [0.25, 0.3) is 0 Å². The zero-order valence-corrected chi connectivity index (χ0v) is 7.96. The Morgan fingerprint density at radius 2 is 2.22 bits per heavy atom. The summed E-state index contributed by atoms with van der Waals surface area (Å²) in [7, 11) is 0. The van der Waals surface area contributed by atoms with E-state index in [2.05, 4.69) is 28.3 Å². The molecule has 0 N–H and O–H groups in total. The minimum atomic E-state index is 0.503. The highest BCUT2D eigenvalue weighted by atomic mass is 79.9. The molecule has 0 bridgehead atoms. The Bertz CT molecular complexity index is 111. The zero-order valence-electron chi connectivity index (χ0n) is 5.56. The lowest BCUT2D eigenvalue weighted by Gasteiger charge is -2.37. The Balaban J connectivity index is 2.46. The highest BCUT2D eigenvalue weighted by molar-refractivity contribution is 9.11. The third-order valence-electron chi connectivity index (χ3n) is 1.97. The predicted molar refractivity (Wildman–Crippen MR) is 48.2 cm³/mol. The number of halogens is 1. The minimum Gasteiger partial charge on any atom is -0.154 e. The highest BCUT2D eigenvalue weighted by Crippen LogP contribution is 2.43. The Labute approximate surface area is 69.2 Å². The SMILES string of the molecule is CSC1(/C=C/Br)CCC1. The van der Waals surface area contributed by atoms with Crippen molar-refractivity contribution in [3.63, 3.8) is 0 Å². The second-order valence-electron chi connectivity index (χ2n) is 2.42. The molecule has 0 aromatic heterocycles. The van der Waals surface area contributed by atoms with Crippen LogP contribution in [0.4, 0.5) is 0 Å². The van der Waals surface area contributed by atoms with Crippen LogP contribution in [0, 0.1) is 0 Å². The van der Waals surface area contributed by atoms with Crippen LogP contribution in [0.2, 0.25) is 0 Å². The summed E-state index contributed by atoms with van der Waals surface area (Å²) >= 11 is 5.27. The fourth-order valence-electron chi connectivity index (χ4n) is 1.08. The Morgan fingerprint density at radius 3 is 2.33 bits per heavy atom. The molecule has 1 aliphatic carbocycles. The van der Waals surface area contributed by atoms with Crippen LogP contribution in [0.5, 0.6) is 0 Å². The molecule has 1 fully saturated rings. The molecule has 0 radical (unpaired) electrons. The molecule has 0 nitrogen and oxygen atoms in total. The van der Waals surface area contributed by atoms with Gasteiger partial charge in [0.05, 0.1) is 0 Å².